The normalized spacial score (nSPS) is 16.8. The Labute approximate surface area is 78.6 Å². The zero-order valence-electron chi connectivity index (χ0n) is 7.92. The van der Waals surface area contributed by atoms with Crippen molar-refractivity contribution in [3.05, 3.63) is 0 Å². The topological polar surface area (TPSA) is 9.72 Å². The van der Waals surface area contributed by atoms with E-state index in [-0.39, 0.29) is 0 Å². The lowest BCUT2D eigenvalue weighted by Crippen LogP contribution is -2.53. The third kappa shape index (κ3) is 3.38. The highest BCUT2D eigenvalue weighted by molar-refractivity contribution is 6.29. The van der Waals surface area contributed by atoms with Gasteiger partial charge in [0.15, 0.2) is 0 Å². The van der Waals surface area contributed by atoms with E-state index in [1.807, 2.05) is 0 Å². The zero-order chi connectivity index (χ0) is 8.31. The summed E-state index contributed by atoms with van der Waals surface area (Å²) in [6.45, 7) is 0. The smallest absolute Gasteiger partial charge is 0.0854 e. The van der Waals surface area contributed by atoms with Gasteiger partial charge in [-0.05, 0) is 7.05 Å². The summed E-state index contributed by atoms with van der Waals surface area (Å²) in [5.41, 5.74) is 0. The molecule has 0 aromatic heterocycles. The molecule has 0 spiro atoms. The first-order valence-electron chi connectivity index (χ1n) is 3.46. The van der Waals surface area contributed by atoms with E-state index in [0.29, 0.717) is 6.29 Å². The Morgan fingerprint density at radius 2 is 1.20 bits per heavy atom. The second kappa shape index (κ2) is 4.76. The second-order valence-corrected chi connectivity index (χ2v) is 13.9. The molecule has 0 heterocycles. The van der Waals surface area contributed by atoms with Crippen molar-refractivity contribution in [2.24, 2.45) is 0 Å². The molecule has 0 aliphatic rings. The minimum atomic E-state index is 0.698. The molecule has 0 radical (unpaired) electrons. The predicted octanol–water partition coefficient (Wildman–Crippen LogP) is -6.79. The molecular weight excluding hydrogens is 206 g/mol. The third-order valence-corrected chi connectivity index (χ3v) is 3.70. The van der Waals surface area contributed by atoms with E-state index in [9.17, 15) is 0 Å². The number of nitrogens with zero attached hydrogens (tertiary/aromatic N) is 3. The van der Waals surface area contributed by atoms with E-state index in [1.54, 1.807) is 0 Å². The van der Waals surface area contributed by atoms with Crippen molar-refractivity contribution in [2.45, 2.75) is 6.29 Å². The Morgan fingerprint density at radius 1 is 0.900 bits per heavy atom. The molecule has 8 heteroatoms. The average molecular weight is 226 g/mol. The molecule has 0 unspecified atom stereocenters. The van der Waals surface area contributed by atoms with E-state index in [0.717, 1.165) is 0 Å². The SMILES string of the molecule is CN([SiH3])C(N([SiH3])[SiH3])N([SiH3])[SiH3]. The van der Waals surface area contributed by atoms with Gasteiger partial charge in [-0.3, -0.25) is 0 Å². The molecule has 0 rings (SSSR count). The molecular formula is C2H19N3Si5. The van der Waals surface area contributed by atoms with Gasteiger partial charge >= 0.3 is 0 Å². The fourth-order valence-corrected chi connectivity index (χ4v) is 9.70. The molecule has 0 aliphatic carbocycles. The van der Waals surface area contributed by atoms with Crippen molar-refractivity contribution in [1.82, 2.24) is 13.0 Å². The molecule has 62 valence electrons. The number of rotatable bonds is 3. The maximum atomic E-state index is 2.55. The summed E-state index contributed by atoms with van der Waals surface area (Å²) in [7, 11) is 8.32. The third-order valence-electron chi connectivity index (χ3n) is 1.39. The average Bonchev–Trinajstić information content (AvgIpc) is 1.59. The van der Waals surface area contributed by atoms with Crippen LogP contribution in [0.15, 0.2) is 0 Å². The maximum Gasteiger partial charge on any atom is 0.0854 e. The van der Waals surface area contributed by atoms with Crippen LogP contribution in [0.2, 0.25) is 0 Å². The Morgan fingerprint density at radius 3 is 1.20 bits per heavy atom. The summed E-state index contributed by atoms with van der Waals surface area (Å²) in [5.74, 6) is 0. The van der Waals surface area contributed by atoms with Gasteiger partial charge in [-0.1, -0.05) is 0 Å². The summed E-state index contributed by atoms with van der Waals surface area (Å²) in [6.07, 6.45) is 0.698. The quantitative estimate of drug-likeness (QED) is 0.349. The van der Waals surface area contributed by atoms with E-state index in [1.165, 1.54) is 52.0 Å². The van der Waals surface area contributed by atoms with E-state index in [2.05, 4.69) is 20.1 Å². The maximum absolute atomic E-state index is 2.55. The summed E-state index contributed by atoms with van der Waals surface area (Å²) in [5, 5.41) is 0. The first-order valence-corrected chi connectivity index (χ1v) is 7.93. The molecule has 0 aromatic carbocycles. The van der Waals surface area contributed by atoms with Crippen LogP contribution in [0.1, 0.15) is 0 Å². The first-order chi connectivity index (χ1) is 4.46. The van der Waals surface area contributed by atoms with Crippen molar-refractivity contribution in [3.63, 3.8) is 0 Å². The molecule has 0 bridgehead atoms. The van der Waals surface area contributed by atoms with Crippen LogP contribution in [0.3, 0.4) is 0 Å². The summed E-state index contributed by atoms with van der Waals surface area (Å²) < 4.78 is 7.54. The molecule has 0 fully saturated rings. The molecule has 3 nitrogen and oxygen atoms in total. The van der Waals surface area contributed by atoms with Crippen LogP contribution in [-0.2, 0) is 0 Å². The van der Waals surface area contributed by atoms with Crippen molar-refractivity contribution in [2.75, 3.05) is 7.05 Å². The van der Waals surface area contributed by atoms with Crippen LogP contribution in [0.5, 0.6) is 0 Å². The Hall–Kier alpha value is 0.964. The Bertz CT molecular complexity index is 75.9. The number of hydrogen-bond acceptors (Lipinski definition) is 3. The van der Waals surface area contributed by atoms with E-state index in [4.69, 9.17) is 0 Å². The largest absolute Gasteiger partial charge is 0.336 e. The minimum Gasteiger partial charge on any atom is -0.336 e. The van der Waals surface area contributed by atoms with Crippen LogP contribution >= 0.6 is 0 Å². The van der Waals surface area contributed by atoms with Gasteiger partial charge in [0.25, 0.3) is 0 Å². The van der Waals surface area contributed by atoms with Crippen LogP contribution in [0, 0.1) is 0 Å². The fourth-order valence-electron chi connectivity index (χ4n) is 1.39. The second-order valence-electron chi connectivity index (χ2n) is 3.24. The van der Waals surface area contributed by atoms with Gasteiger partial charge in [-0.25, -0.2) is 0 Å². The van der Waals surface area contributed by atoms with Crippen LogP contribution in [-0.4, -0.2) is 78.4 Å². The van der Waals surface area contributed by atoms with Gasteiger partial charge in [-0.15, -0.1) is 0 Å². The molecule has 0 aromatic rings. The van der Waals surface area contributed by atoms with Gasteiger partial charge in [-0.2, -0.15) is 0 Å². The van der Waals surface area contributed by atoms with Crippen LogP contribution in [0.25, 0.3) is 0 Å². The van der Waals surface area contributed by atoms with Crippen LogP contribution in [0.4, 0.5) is 0 Å². The zero-order valence-corrected chi connectivity index (χ0v) is 17.9. The number of hydrogen-bond donors (Lipinski definition) is 0. The highest BCUT2D eigenvalue weighted by Crippen LogP contribution is 1.95. The van der Waals surface area contributed by atoms with E-state index < -0.39 is 0 Å². The summed E-state index contributed by atoms with van der Waals surface area (Å²) in [6, 6.07) is 0. The molecule has 10 heavy (non-hydrogen) atoms. The fraction of sp³-hybridized carbons (Fsp3) is 1.00. The predicted molar refractivity (Wildman–Crippen MR) is 64.9 cm³/mol. The van der Waals surface area contributed by atoms with Gasteiger partial charge in [0.05, 0.1) is 58.3 Å². The molecule has 0 saturated carbocycles. The highest BCUT2D eigenvalue weighted by atomic mass is 28.2. The monoisotopic (exact) mass is 225 g/mol. The standard InChI is InChI=1S/C2H19N3Si5/c1-3(6)2(4(7)8)5(9)10/h2H,1,6-10H3. The molecule has 0 amide bonds. The first kappa shape index (κ1) is 11.0. The lowest BCUT2D eigenvalue weighted by molar-refractivity contribution is 0.210. The molecule has 0 N–H and O–H groups in total. The van der Waals surface area contributed by atoms with Gasteiger partial charge < -0.3 is 13.0 Å². The van der Waals surface area contributed by atoms with Gasteiger partial charge in [0.2, 0.25) is 0 Å². The molecule has 0 saturated heterocycles. The summed E-state index contributed by atoms with van der Waals surface area (Å²) in [4.78, 5) is 0. The van der Waals surface area contributed by atoms with Gasteiger partial charge in [0.1, 0.15) is 0 Å². The van der Waals surface area contributed by atoms with E-state index >= 15 is 0 Å². The van der Waals surface area contributed by atoms with Crippen molar-refractivity contribution >= 4 is 52.0 Å². The minimum absolute atomic E-state index is 0.698. The molecule has 0 aliphatic heterocycles. The Balaban J connectivity index is 3.98. The van der Waals surface area contributed by atoms with Gasteiger partial charge in [0, 0.05) is 0 Å². The van der Waals surface area contributed by atoms with Crippen molar-refractivity contribution < 1.29 is 0 Å². The lowest BCUT2D eigenvalue weighted by atomic mass is 10.9. The highest BCUT2D eigenvalue weighted by Gasteiger charge is 2.12. The Kier molecular flexibility index (Phi) is 5.22. The van der Waals surface area contributed by atoms with Crippen molar-refractivity contribution in [3.8, 4) is 0 Å². The van der Waals surface area contributed by atoms with Crippen LogP contribution < -0.4 is 0 Å². The summed E-state index contributed by atoms with van der Waals surface area (Å²) >= 11 is 0. The van der Waals surface area contributed by atoms with Crippen molar-refractivity contribution in [1.29, 1.82) is 0 Å². The molecule has 0 atom stereocenters. The lowest BCUT2D eigenvalue weighted by Gasteiger charge is -2.37.